The zero-order valence-electron chi connectivity index (χ0n) is 7.66. The van der Waals surface area contributed by atoms with Gasteiger partial charge in [-0.15, -0.1) is 0 Å². The smallest absolute Gasteiger partial charge is 0.0669 e. The fourth-order valence-corrected chi connectivity index (χ4v) is 2.29. The van der Waals surface area contributed by atoms with Gasteiger partial charge in [0.15, 0.2) is 0 Å². The van der Waals surface area contributed by atoms with Gasteiger partial charge in [0, 0.05) is 18.6 Å². The number of likely N-dealkylation sites (tertiary alicyclic amines) is 1. The van der Waals surface area contributed by atoms with Gasteiger partial charge in [-0.05, 0) is 25.7 Å². The summed E-state index contributed by atoms with van der Waals surface area (Å²) in [5, 5.41) is 8.82. The number of hydrogen-bond acceptors (Lipinski definition) is 2. The molecular formula is C10H16N2. The quantitative estimate of drug-likeness (QED) is 0.622. The number of rotatable bonds is 2. The van der Waals surface area contributed by atoms with Crippen molar-refractivity contribution < 1.29 is 0 Å². The highest BCUT2D eigenvalue weighted by molar-refractivity contribution is 5.00. The first-order valence-corrected chi connectivity index (χ1v) is 5.00. The molecule has 0 aromatic carbocycles. The van der Waals surface area contributed by atoms with E-state index in [0.29, 0.717) is 12.0 Å². The molecule has 1 aliphatic carbocycles. The van der Waals surface area contributed by atoms with Crippen molar-refractivity contribution in [2.24, 2.45) is 5.92 Å². The van der Waals surface area contributed by atoms with E-state index in [-0.39, 0.29) is 0 Å². The van der Waals surface area contributed by atoms with Crippen LogP contribution in [0.25, 0.3) is 0 Å². The normalized spacial score (nSPS) is 36.7. The van der Waals surface area contributed by atoms with Crippen molar-refractivity contribution in [2.45, 2.75) is 44.7 Å². The van der Waals surface area contributed by atoms with Crippen LogP contribution in [0.2, 0.25) is 0 Å². The second-order valence-corrected chi connectivity index (χ2v) is 4.05. The predicted octanol–water partition coefficient (Wildman–Crippen LogP) is 1.77. The van der Waals surface area contributed by atoms with Gasteiger partial charge in [0.05, 0.1) is 12.0 Å². The van der Waals surface area contributed by atoms with Crippen molar-refractivity contribution in [1.29, 1.82) is 5.26 Å². The van der Waals surface area contributed by atoms with E-state index in [1.807, 2.05) is 0 Å². The molecule has 0 spiro atoms. The standard InChI is InChI=1S/C10H16N2/c1-2-9-5-8(6-11)7-12(9)10-3-4-10/h8-10H,2-5,7H2,1H3. The topological polar surface area (TPSA) is 27.0 Å². The first kappa shape index (κ1) is 8.07. The van der Waals surface area contributed by atoms with Crippen molar-refractivity contribution in [1.82, 2.24) is 4.90 Å². The third kappa shape index (κ3) is 1.34. The van der Waals surface area contributed by atoms with Crippen molar-refractivity contribution in [3.8, 4) is 6.07 Å². The molecule has 2 unspecified atom stereocenters. The Hall–Kier alpha value is -0.550. The lowest BCUT2D eigenvalue weighted by molar-refractivity contribution is 0.237. The Kier molecular flexibility index (Phi) is 2.06. The van der Waals surface area contributed by atoms with E-state index in [1.165, 1.54) is 19.3 Å². The summed E-state index contributed by atoms with van der Waals surface area (Å²) >= 11 is 0. The molecule has 66 valence electrons. The summed E-state index contributed by atoms with van der Waals surface area (Å²) in [6, 6.07) is 3.95. The summed E-state index contributed by atoms with van der Waals surface area (Å²) in [7, 11) is 0. The van der Waals surface area contributed by atoms with E-state index in [1.54, 1.807) is 0 Å². The molecule has 1 aliphatic heterocycles. The Morgan fingerprint density at radius 1 is 1.50 bits per heavy atom. The minimum atomic E-state index is 0.315. The molecule has 0 radical (unpaired) electrons. The highest BCUT2D eigenvalue weighted by Gasteiger charge is 2.39. The number of hydrogen-bond donors (Lipinski definition) is 0. The van der Waals surface area contributed by atoms with Crippen molar-refractivity contribution in [3.63, 3.8) is 0 Å². The van der Waals surface area contributed by atoms with E-state index < -0.39 is 0 Å². The third-order valence-electron chi connectivity index (χ3n) is 3.13. The van der Waals surface area contributed by atoms with Crippen molar-refractivity contribution in [3.05, 3.63) is 0 Å². The molecule has 0 aromatic heterocycles. The van der Waals surface area contributed by atoms with Gasteiger partial charge >= 0.3 is 0 Å². The summed E-state index contributed by atoms with van der Waals surface area (Å²) in [6.07, 6.45) is 5.07. The maximum Gasteiger partial charge on any atom is 0.0669 e. The van der Waals surface area contributed by atoms with Crippen LogP contribution in [0.4, 0.5) is 0 Å². The summed E-state index contributed by atoms with van der Waals surface area (Å²) in [6.45, 7) is 3.28. The molecule has 2 nitrogen and oxygen atoms in total. The lowest BCUT2D eigenvalue weighted by Gasteiger charge is -2.22. The molecule has 12 heavy (non-hydrogen) atoms. The minimum Gasteiger partial charge on any atom is -0.296 e. The van der Waals surface area contributed by atoms with Crippen molar-refractivity contribution >= 4 is 0 Å². The maximum absolute atomic E-state index is 8.82. The maximum atomic E-state index is 8.82. The molecule has 0 amide bonds. The molecule has 2 heteroatoms. The zero-order chi connectivity index (χ0) is 8.55. The molecule has 1 saturated heterocycles. The number of nitrogens with zero attached hydrogens (tertiary/aromatic N) is 2. The van der Waals surface area contributed by atoms with Crippen molar-refractivity contribution in [2.75, 3.05) is 6.54 Å². The van der Waals surface area contributed by atoms with Gasteiger partial charge in [0.25, 0.3) is 0 Å². The molecule has 2 aliphatic rings. The van der Waals surface area contributed by atoms with E-state index in [4.69, 9.17) is 5.26 Å². The van der Waals surface area contributed by atoms with Crippen LogP contribution in [-0.4, -0.2) is 23.5 Å². The summed E-state index contributed by atoms with van der Waals surface area (Å²) in [5.74, 6) is 0.315. The Labute approximate surface area is 74.2 Å². The highest BCUT2D eigenvalue weighted by Crippen LogP contribution is 2.36. The Balaban J connectivity index is 1.98. The molecule has 2 atom stereocenters. The molecule has 1 heterocycles. The molecule has 0 N–H and O–H groups in total. The fourth-order valence-electron chi connectivity index (χ4n) is 2.29. The molecule has 2 rings (SSSR count). The van der Waals surface area contributed by atoms with Gasteiger partial charge < -0.3 is 0 Å². The molecular weight excluding hydrogens is 148 g/mol. The van der Waals surface area contributed by atoms with Gasteiger partial charge in [0.2, 0.25) is 0 Å². The van der Waals surface area contributed by atoms with Crippen LogP contribution in [0.5, 0.6) is 0 Å². The Morgan fingerprint density at radius 3 is 2.75 bits per heavy atom. The first-order chi connectivity index (χ1) is 5.85. The largest absolute Gasteiger partial charge is 0.296 e. The van der Waals surface area contributed by atoms with Gasteiger partial charge in [0.1, 0.15) is 0 Å². The monoisotopic (exact) mass is 164 g/mol. The number of nitriles is 1. The van der Waals surface area contributed by atoms with Crippen LogP contribution in [0.3, 0.4) is 0 Å². The summed E-state index contributed by atoms with van der Waals surface area (Å²) in [4.78, 5) is 2.56. The summed E-state index contributed by atoms with van der Waals surface area (Å²) < 4.78 is 0. The predicted molar refractivity (Wildman–Crippen MR) is 47.5 cm³/mol. The van der Waals surface area contributed by atoms with E-state index >= 15 is 0 Å². The van der Waals surface area contributed by atoms with Crippen LogP contribution < -0.4 is 0 Å². The van der Waals surface area contributed by atoms with E-state index in [9.17, 15) is 0 Å². The highest BCUT2D eigenvalue weighted by atomic mass is 15.2. The fraction of sp³-hybridized carbons (Fsp3) is 0.900. The average molecular weight is 164 g/mol. The van der Waals surface area contributed by atoms with Crippen LogP contribution in [0.15, 0.2) is 0 Å². The summed E-state index contributed by atoms with van der Waals surface area (Å²) in [5.41, 5.74) is 0. The third-order valence-corrected chi connectivity index (χ3v) is 3.13. The van der Waals surface area contributed by atoms with Crippen LogP contribution in [0.1, 0.15) is 32.6 Å². The second-order valence-electron chi connectivity index (χ2n) is 4.05. The van der Waals surface area contributed by atoms with Gasteiger partial charge in [-0.2, -0.15) is 5.26 Å². The Morgan fingerprint density at radius 2 is 2.25 bits per heavy atom. The molecule has 1 saturated carbocycles. The van der Waals surface area contributed by atoms with Crippen LogP contribution in [0, 0.1) is 17.2 Å². The van der Waals surface area contributed by atoms with E-state index in [0.717, 1.165) is 19.0 Å². The van der Waals surface area contributed by atoms with Gasteiger partial charge in [-0.25, -0.2) is 0 Å². The zero-order valence-corrected chi connectivity index (χ0v) is 7.66. The SMILES string of the molecule is CCC1CC(C#N)CN1C1CC1. The van der Waals surface area contributed by atoms with Crippen LogP contribution >= 0.6 is 0 Å². The van der Waals surface area contributed by atoms with Crippen LogP contribution in [-0.2, 0) is 0 Å². The van der Waals surface area contributed by atoms with Gasteiger partial charge in [-0.1, -0.05) is 6.92 Å². The second kappa shape index (κ2) is 3.06. The average Bonchev–Trinajstić information content (AvgIpc) is 2.85. The molecule has 0 aromatic rings. The molecule has 0 bridgehead atoms. The molecule has 2 fully saturated rings. The van der Waals surface area contributed by atoms with E-state index in [2.05, 4.69) is 17.9 Å². The van der Waals surface area contributed by atoms with Gasteiger partial charge in [-0.3, -0.25) is 4.90 Å². The first-order valence-electron chi connectivity index (χ1n) is 5.00. The minimum absolute atomic E-state index is 0.315. The lowest BCUT2D eigenvalue weighted by Crippen LogP contribution is -2.30. The Bertz CT molecular complexity index is 202. The lowest BCUT2D eigenvalue weighted by atomic mass is 10.1.